The Morgan fingerprint density at radius 3 is 2.75 bits per heavy atom. The second-order valence-corrected chi connectivity index (χ2v) is 7.61. The van der Waals surface area contributed by atoms with Crippen molar-refractivity contribution in [1.82, 2.24) is 24.9 Å². The van der Waals surface area contributed by atoms with E-state index >= 15 is 0 Å². The van der Waals surface area contributed by atoms with Gasteiger partial charge in [0.25, 0.3) is 0 Å². The average Bonchev–Trinajstić information content (AvgIpc) is 3.39. The highest BCUT2D eigenvalue weighted by Crippen LogP contribution is 2.36. The quantitative estimate of drug-likeness (QED) is 0.670. The molecule has 2 aliphatic heterocycles. The van der Waals surface area contributed by atoms with Crippen LogP contribution in [0.3, 0.4) is 0 Å². The largest absolute Gasteiger partial charge is 0.475 e. The van der Waals surface area contributed by atoms with E-state index in [0.29, 0.717) is 31.0 Å². The first-order chi connectivity index (χ1) is 13.7. The van der Waals surface area contributed by atoms with Gasteiger partial charge in [0.15, 0.2) is 0 Å². The van der Waals surface area contributed by atoms with Crippen molar-refractivity contribution in [3.05, 3.63) is 24.2 Å². The monoisotopic (exact) mass is 387 g/mol. The van der Waals surface area contributed by atoms with Crippen molar-refractivity contribution < 1.29 is 14.0 Å². The zero-order chi connectivity index (χ0) is 19.3. The molecule has 0 radical (unpaired) electrons. The number of ether oxygens (including phenoxy) is 2. The van der Waals surface area contributed by atoms with Gasteiger partial charge in [0, 0.05) is 31.0 Å². The van der Waals surface area contributed by atoms with E-state index in [1.54, 1.807) is 13.3 Å². The van der Waals surface area contributed by atoms with Crippen molar-refractivity contribution >= 4 is 0 Å². The summed E-state index contributed by atoms with van der Waals surface area (Å²) in [6, 6.07) is 4.58. The summed E-state index contributed by atoms with van der Waals surface area (Å²) in [7, 11) is 3.84. The summed E-state index contributed by atoms with van der Waals surface area (Å²) in [4.78, 5) is 14.0. The Bertz CT molecular complexity index is 743. The zero-order valence-corrected chi connectivity index (χ0v) is 16.7. The van der Waals surface area contributed by atoms with Crippen LogP contribution in [0.25, 0.3) is 11.4 Å². The van der Waals surface area contributed by atoms with Crippen molar-refractivity contribution in [2.45, 2.75) is 37.8 Å². The van der Waals surface area contributed by atoms with Crippen molar-refractivity contribution in [1.29, 1.82) is 0 Å². The molecular weight excluding hydrogens is 358 g/mol. The Labute approximate surface area is 165 Å². The SMILES string of the molecule is COCCOc1ccc(-c2noc([C@@H]3CCCN3C3CCN(C)CC3)n2)cn1. The predicted molar refractivity (Wildman–Crippen MR) is 104 cm³/mol. The lowest BCUT2D eigenvalue weighted by atomic mass is 10.0. The number of nitrogens with zero attached hydrogens (tertiary/aromatic N) is 5. The van der Waals surface area contributed by atoms with E-state index in [1.807, 2.05) is 12.1 Å². The number of likely N-dealkylation sites (tertiary alicyclic amines) is 2. The number of aromatic nitrogens is 3. The highest BCUT2D eigenvalue weighted by molar-refractivity contribution is 5.53. The Kier molecular flexibility index (Phi) is 6.19. The molecule has 0 spiro atoms. The molecule has 0 bridgehead atoms. The van der Waals surface area contributed by atoms with Crippen LogP contribution in [0, 0.1) is 0 Å². The van der Waals surface area contributed by atoms with Gasteiger partial charge in [0.2, 0.25) is 17.6 Å². The van der Waals surface area contributed by atoms with Crippen molar-refractivity contribution in [3.8, 4) is 17.3 Å². The van der Waals surface area contributed by atoms with Gasteiger partial charge >= 0.3 is 0 Å². The summed E-state index contributed by atoms with van der Waals surface area (Å²) in [5.41, 5.74) is 0.831. The molecule has 0 aliphatic carbocycles. The van der Waals surface area contributed by atoms with Crippen LogP contribution >= 0.6 is 0 Å². The molecule has 2 aromatic heterocycles. The third kappa shape index (κ3) is 4.34. The highest BCUT2D eigenvalue weighted by Gasteiger charge is 2.36. The third-order valence-corrected chi connectivity index (χ3v) is 5.71. The summed E-state index contributed by atoms with van der Waals surface area (Å²) < 4.78 is 16.1. The number of hydrogen-bond acceptors (Lipinski definition) is 8. The van der Waals surface area contributed by atoms with Gasteiger partial charge in [-0.05, 0) is 58.4 Å². The lowest BCUT2D eigenvalue weighted by Crippen LogP contribution is -2.43. The van der Waals surface area contributed by atoms with E-state index in [-0.39, 0.29) is 6.04 Å². The van der Waals surface area contributed by atoms with Gasteiger partial charge in [-0.1, -0.05) is 5.16 Å². The number of pyridine rings is 1. The second-order valence-electron chi connectivity index (χ2n) is 7.61. The zero-order valence-electron chi connectivity index (χ0n) is 16.7. The fraction of sp³-hybridized carbons (Fsp3) is 0.650. The van der Waals surface area contributed by atoms with Gasteiger partial charge in [-0.15, -0.1) is 0 Å². The van der Waals surface area contributed by atoms with Crippen molar-refractivity contribution in [2.24, 2.45) is 0 Å². The molecule has 2 aliphatic rings. The number of hydrogen-bond donors (Lipinski definition) is 0. The van der Waals surface area contributed by atoms with E-state index in [4.69, 9.17) is 19.0 Å². The van der Waals surface area contributed by atoms with E-state index in [9.17, 15) is 0 Å². The van der Waals surface area contributed by atoms with Crippen LogP contribution in [0.1, 0.15) is 37.6 Å². The molecule has 0 saturated carbocycles. The minimum atomic E-state index is 0.235. The molecule has 2 saturated heterocycles. The molecule has 4 rings (SSSR count). The first-order valence-electron chi connectivity index (χ1n) is 10.1. The van der Waals surface area contributed by atoms with Crippen molar-refractivity contribution in [2.75, 3.05) is 47.0 Å². The highest BCUT2D eigenvalue weighted by atomic mass is 16.5. The van der Waals surface area contributed by atoms with Gasteiger partial charge in [0.1, 0.15) is 6.61 Å². The Morgan fingerprint density at radius 1 is 1.14 bits per heavy atom. The molecule has 0 aromatic carbocycles. The number of methoxy groups -OCH3 is 1. The standard InChI is InChI=1S/C20H29N5O3/c1-24-10-7-16(8-11-24)25-9-3-4-17(25)20-22-19(23-28-20)15-5-6-18(21-14-15)27-13-12-26-2/h5-6,14,16-17H,3-4,7-13H2,1-2H3/t17-/m0/s1. The molecule has 4 heterocycles. The molecule has 0 amide bonds. The topological polar surface area (TPSA) is 76.8 Å². The predicted octanol–water partition coefficient (Wildman–Crippen LogP) is 2.39. The Morgan fingerprint density at radius 2 is 2.00 bits per heavy atom. The molecule has 2 fully saturated rings. The average molecular weight is 387 g/mol. The molecule has 0 N–H and O–H groups in total. The van der Waals surface area contributed by atoms with E-state index in [0.717, 1.165) is 37.5 Å². The maximum Gasteiger partial charge on any atom is 0.244 e. The fourth-order valence-electron chi connectivity index (χ4n) is 4.13. The van der Waals surface area contributed by atoms with Gasteiger partial charge in [-0.3, -0.25) is 4.90 Å². The van der Waals surface area contributed by atoms with Crippen LogP contribution in [0.5, 0.6) is 5.88 Å². The van der Waals surface area contributed by atoms with Crippen LogP contribution in [0.4, 0.5) is 0 Å². The normalized spacial score (nSPS) is 22.0. The van der Waals surface area contributed by atoms with Gasteiger partial charge in [0.05, 0.1) is 12.6 Å². The van der Waals surface area contributed by atoms with Gasteiger partial charge in [-0.2, -0.15) is 4.98 Å². The van der Waals surface area contributed by atoms with Crippen LogP contribution in [0.2, 0.25) is 0 Å². The summed E-state index contributed by atoms with van der Waals surface area (Å²) in [6.07, 6.45) is 6.41. The van der Waals surface area contributed by atoms with E-state index in [1.165, 1.54) is 19.3 Å². The Balaban J connectivity index is 1.42. The molecular formula is C20H29N5O3. The third-order valence-electron chi connectivity index (χ3n) is 5.71. The summed E-state index contributed by atoms with van der Waals surface area (Å²) in [5.74, 6) is 1.88. The van der Waals surface area contributed by atoms with Crippen molar-refractivity contribution in [3.63, 3.8) is 0 Å². The molecule has 152 valence electrons. The molecule has 2 aromatic rings. The molecule has 0 unspecified atom stereocenters. The minimum Gasteiger partial charge on any atom is -0.475 e. The molecule has 8 nitrogen and oxygen atoms in total. The van der Waals surface area contributed by atoms with Crippen LogP contribution in [-0.2, 0) is 4.74 Å². The first kappa shape index (κ1) is 19.3. The molecule has 1 atom stereocenters. The Hall–Kier alpha value is -2.03. The maximum atomic E-state index is 5.67. The molecule has 28 heavy (non-hydrogen) atoms. The summed E-state index contributed by atoms with van der Waals surface area (Å²) in [5, 5.41) is 4.21. The molecule has 8 heteroatoms. The number of rotatable bonds is 7. The fourth-order valence-corrected chi connectivity index (χ4v) is 4.13. The lowest BCUT2D eigenvalue weighted by molar-refractivity contribution is 0.0958. The van der Waals surface area contributed by atoms with Crippen LogP contribution in [0.15, 0.2) is 22.9 Å². The first-order valence-corrected chi connectivity index (χ1v) is 10.1. The van der Waals surface area contributed by atoms with Crippen LogP contribution in [-0.4, -0.2) is 78.0 Å². The van der Waals surface area contributed by atoms with Crippen LogP contribution < -0.4 is 4.74 Å². The lowest BCUT2D eigenvalue weighted by Gasteiger charge is -2.37. The smallest absolute Gasteiger partial charge is 0.244 e. The van der Waals surface area contributed by atoms with E-state index in [2.05, 4.69) is 27.0 Å². The maximum absolute atomic E-state index is 5.67. The van der Waals surface area contributed by atoms with Gasteiger partial charge < -0.3 is 18.9 Å². The van der Waals surface area contributed by atoms with Gasteiger partial charge in [-0.25, -0.2) is 4.98 Å². The number of piperidine rings is 1. The minimum absolute atomic E-state index is 0.235. The van der Waals surface area contributed by atoms with E-state index < -0.39 is 0 Å². The second kappa shape index (κ2) is 8.98. The summed E-state index contributed by atoms with van der Waals surface area (Å²) >= 11 is 0. The summed E-state index contributed by atoms with van der Waals surface area (Å²) in [6.45, 7) is 4.45.